The molecular weight excluding hydrogens is 388 g/mol. The quantitative estimate of drug-likeness (QED) is 0.632. The monoisotopic (exact) mass is 401 g/mol. The predicted molar refractivity (Wildman–Crippen MR) is 81.6 cm³/mol. The van der Waals surface area contributed by atoms with Crippen LogP contribution in [0.3, 0.4) is 0 Å². The molecule has 98 valence electrons. The maximum atomic E-state index is 12.0. The molecule has 0 heterocycles. The number of benzene rings is 2. The van der Waals surface area contributed by atoms with Gasteiger partial charge in [0.05, 0.1) is 6.04 Å². The van der Waals surface area contributed by atoms with E-state index in [2.05, 4.69) is 0 Å². The van der Waals surface area contributed by atoms with Crippen LogP contribution in [0, 0.1) is 0 Å². The van der Waals surface area contributed by atoms with Gasteiger partial charge in [-0.2, -0.15) is 0 Å². The molecule has 2 aromatic carbocycles. The third kappa shape index (κ3) is 5.53. The van der Waals surface area contributed by atoms with E-state index in [1.165, 1.54) is 0 Å². The Bertz CT molecular complexity index is 493. The molecule has 19 heavy (non-hydrogen) atoms. The molecule has 1 atom stereocenters. The summed E-state index contributed by atoms with van der Waals surface area (Å²) in [6, 6.07) is 17.9. The van der Waals surface area contributed by atoms with Crippen molar-refractivity contribution >= 4 is 42.5 Å². The van der Waals surface area contributed by atoms with Crippen LogP contribution in [-0.2, 0) is 0 Å². The Hall–Kier alpha value is -0.551. The molecule has 0 bridgehead atoms. The fourth-order valence-electron chi connectivity index (χ4n) is 1.59. The van der Waals surface area contributed by atoms with Crippen molar-refractivity contribution in [1.29, 1.82) is 0 Å². The van der Waals surface area contributed by atoms with E-state index in [0.29, 0.717) is 5.56 Å². The Morgan fingerprint density at radius 3 is 1.84 bits per heavy atom. The number of ketones is 1. The Morgan fingerprint density at radius 1 is 0.947 bits per heavy atom. The average molecular weight is 401 g/mol. The second kappa shape index (κ2) is 9.37. The summed E-state index contributed by atoms with van der Waals surface area (Å²) in [6.45, 7) is 0. The van der Waals surface area contributed by atoms with E-state index in [1.54, 1.807) is 12.1 Å². The van der Waals surface area contributed by atoms with Gasteiger partial charge in [0.2, 0.25) is 0 Å². The molecule has 2 N–H and O–H groups in total. The maximum absolute atomic E-state index is 12.0. The second-order valence-corrected chi connectivity index (χ2v) is 7.93. The number of nitrogens with two attached hydrogens (primary N) is 1. The van der Waals surface area contributed by atoms with Gasteiger partial charge in [-0.1, -0.05) is 60.7 Å². The van der Waals surface area contributed by atoms with Gasteiger partial charge in [0.15, 0.2) is 5.78 Å². The van der Waals surface area contributed by atoms with Crippen LogP contribution in [0.15, 0.2) is 60.7 Å². The van der Waals surface area contributed by atoms with Gasteiger partial charge in [0, 0.05) is 5.56 Å². The first kappa shape index (κ1) is 16.5. The number of carbonyl (C=O) groups is 1. The fraction of sp³-hybridized carbons (Fsp3) is 0.0714. The van der Waals surface area contributed by atoms with Gasteiger partial charge in [-0.05, 0) is 5.56 Å². The number of carbonyl (C=O) groups excluding carboxylic acids is 1. The van der Waals surface area contributed by atoms with Crippen molar-refractivity contribution in [3.05, 3.63) is 71.8 Å². The first-order valence-corrected chi connectivity index (χ1v) is 12.8. The van der Waals surface area contributed by atoms with Gasteiger partial charge in [-0.25, -0.2) is 0 Å². The zero-order valence-electron chi connectivity index (χ0n) is 10.1. The number of rotatable bonds is 3. The van der Waals surface area contributed by atoms with Crippen LogP contribution < -0.4 is 5.73 Å². The van der Waals surface area contributed by atoms with Gasteiger partial charge in [0.1, 0.15) is 0 Å². The molecule has 0 aromatic heterocycles. The van der Waals surface area contributed by atoms with Crippen LogP contribution in [0.1, 0.15) is 22.0 Å². The van der Waals surface area contributed by atoms with Crippen LogP contribution in [-0.4, -0.2) is 24.7 Å². The molecule has 5 heteroatoms. The minimum absolute atomic E-state index is 0.0493. The normalized spacial score (nSPS) is 11.1. The molecule has 2 radical (unpaired) electrons. The summed E-state index contributed by atoms with van der Waals surface area (Å²) in [5, 5.41) is 0. The number of Topliss-reactive ketones (excluding diaryl/α,β-unsaturated/α-hetero) is 1. The van der Waals surface area contributed by atoms with E-state index in [1.807, 2.05) is 48.5 Å². The molecule has 2 aromatic rings. The predicted octanol–water partition coefficient (Wildman–Crippen LogP) is 3.57. The van der Waals surface area contributed by atoms with Crippen molar-refractivity contribution in [2.75, 3.05) is 0 Å². The molecule has 0 fully saturated rings. The molecule has 0 amide bonds. The van der Waals surface area contributed by atoms with E-state index in [9.17, 15) is 4.79 Å². The van der Waals surface area contributed by atoms with Gasteiger partial charge in [-0.3, -0.25) is 4.79 Å². The van der Waals surface area contributed by atoms with Crippen molar-refractivity contribution in [2.24, 2.45) is 5.73 Å². The van der Waals surface area contributed by atoms with Crippen molar-refractivity contribution in [3.8, 4) is 0 Å². The number of hydrogen-bond donors (Lipinski definition) is 1. The molecule has 2 rings (SSSR count). The summed E-state index contributed by atoms with van der Waals surface area (Å²) >= 11 is -0.826. The van der Waals surface area contributed by atoms with Crippen molar-refractivity contribution in [3.63, 3.8) is 0 Å². The van der Waals surface area contributed by atoms with Gasteiger partial charge in [0.25, 0.3) is 0 Å². The van der Waals surface area contributed by atoms with Crippen LogP contribution in [0.2, 0.25) is 0 Å². The molecule has 2 nitrogen and oxygen atoms in total. The molecule has 0 saturated carbocycles. The summed E-state index contributed by atoms with van der Waals surface area (Å²) in [5.41, 5.74) is 7.42. The van der Waals surface area contributed by atoms with E-state index in [0.717, 1.165) is 5.56 Å². The van der Waals surface area contributed by atoms with Gasteiger partial charge >= 0.3 is 36.7 Å². The summed E-state index contributed by atoms with van der Waals surface area (Å²) in [7, 11) is 9.87. The van der Waals surface area contributed by atoms with Crippen LogP contribution in [0.25, 0.3) is 0 Å². The standard InChI is InChI=1S/C14H13NO.2ClH.Sn/c15-13(11-7-3-1-4-8-11)14(16)12-9-5-2-6-10-12;;;/h1-10,13H,15H2;2*1H;/q;;;+2/p-2. The zero-order chi connectivity index (χ0) is 14.1. The summed E-state index contributed by atoms with van der Waals surface area (Å²) in [5.74, 6) is -0.0493. The van der Waals surface area contributed by atoms with E-state index < -0.39 is 24.9 Å². The SMILES string of the molecule is NC(C(=O)c1ccccc1)c1ccccc1.[Cl][Sn][Cl]. The molecule has 0 saturated heterocycles. The van der Waals surface area contributed by atoms with E-state index >= 15 is 0 Å². The third-order valence-corrected chi connectivity index (χ3v) is 2.50. The molecule has 0 aliphatic rings. The Morgan fingerprint density at radius 2 is 1.37 bits per heavy atom. The molecule has 1 unspecified atom stereocenters. The Labute approximate surface area is 130 Å². The average Bonchev–Trinajstić information content (AvgIpc) is 2.48. The topological polar surface area (TPSA) is 43.1 Å². The van der Waals surface area contributed by atoms with Crippen molar-refractivity contribution in [1.82, 2.24) is 0 Å². The van der Waals surface area contributed by atoms with Crippen LogP contribution in [0.5, 0.6) is 0 Å². The van der Waals surface area contributed by atoms with Crippen molar-refractivity contribution in [2.45, 2.75) is 6.04 Å². The van der Waals surface area contributed by atoms with E-state index in [-0.39, 0.29) is 5.78 Å². The second-order valence-electron chi connectivity index (χ2n) is 3.69. The zero-order valence-corrected chi connectivity index (χ0v) is 14.5. The Balaban J connectivity index is 0.000000550. The Kier molecular flexibility index (Phi) is 8.14. The third-order valence-electron chi connectivity index (χ3n) is 2.50. The van der Waals surface area contributed by atoms with Crippen LogP contribution in [0.4, 0.5) is 0 Å². The summed E-state index contributed by atoms with van der Waals surface area (Å²) < 4.78 is 0. The number of halogens is 2. The first-order valence-electron chi connectivity index (χ1n) is 5.56. The molecule has 0 aliphatic heterocycles. The van der Waals surface area contributed by atoms with Gasteiger partial charge in [-0.15, -0.1) is 0 Å². The minimum atomic E-state index is -0.826. The van der Waals surface area contributed by atoms with Crippen molar-refractivity contribution < 1.29 is 4.79 Å². The number of hydrogen-bond acceptors (Lipinski definition) is 2. The van der Waals surface area contributed by atoms with Crippen LogP contribution >= 0.6 is 17.8 Å². The van der Waals surface area contributed by atoms with E-state index in [4.69, 9.17) is 23.6 Å². The van der Waals surface area contributed by atoms with Gasteiger partial charge < -0.3 is 5.73 Å². The summed E-state index contributed by atoms with van der Waals surface area (Å²) in [6.07, 6.45) is 0. The fourth-order valence-corrected chi connectivity index (χ4v) is 1.59. The molecular formula is C14H13Cl2NOSn. The molecule has 0 aliphatic carbocycles. The molecule has 0 spiro atoms. The summed E-state index contributed by atoms with van der Waals surface area (Å²) in [4.78, 5) is 12.0. The first-order chi connectivity index (χ1) is 9.20.